The van der Waals surface area contributed by atoms with E-state index < -0.39 is 11.9 Å². The van der Waals surface area contributed by atoms with Crippen LogP contribution < -0.4 is 10.2 Å². The van der Waals surface area contributed by atoms with E-state index in [0.29, 0.717) is 12.8 Å². The number of hydrogen-bond acceptors (Lipinski definition) is 4. The Morgan fingerprint density at radius 1 is 0.857 bits per heavy atom. The van der Waals surface area contributed by atoms with Crippen LogP contribution in [0.2, 0.25) is 0 Å². The summed E-state index contributed by atoms with van der Waals surface area (Å²) in [5.74, 6) is -2.81. The highest BCUT2D eigenvalue weighted by molar-refractivity contribution is 5.97. The van der Waals surface area contributed by atoms with Gasteiger partial charge in [0, 0.05) is 0 Å². The summed E-state index contributed by atoms with van der Waals surface area (Å²) in [6.45, 7) is 3.56. The average Bonchev–Trinajstić information content (AvgIpc) is 2.10. The summed E-state index contributed by atoms with van der Waals surface area (Å²) < 4.78 is 0. The molecule has 0 unspecified atom stereocenters. The Morgan fingerprint density at radius 3 is 1.29 bits per heavy atom. The van der Waals surface area contributed by atoms with Gasteiger partial charge >= 0.3 is 0 Å². The molecule has 0 aliphatic carbocycles. The van der Waals surface area contributed by atoms with Crippen molar-refractivity contribution in [3.05, 3.63) is 11.1 Å². The van der Waals surface area contributed by atoms with Gasteiger partial charge in [0.2, 0.25) is 0 Å². The topological polar surface area (TPSA) is 80.3 Å². The molecule has 0 amide bonds. The molecule has 0 saturated carbocycles. The molecule has 4 heteroatoms. The first-order valence-corrected chi connectivity index (χ1v) is 4.69. The molecule has 0 aliphatic heterocycles. The maximum atomic E-state index is 10.7. The third-order valence-electron chi connectivity index (χ3n) is 1.86. The summed E-state index contributed by atoms with van der Waals surface area (Å²) in [6.07, 6.45) is 1.57. The van der Waals surface area contributed by atoms with Crippen LogP contribution in [0, 0.1) is 0 Å². The minimum absolute atomic E-state index is 0.130. The molecule has 14 heavy (non-hydrogen) atoms. The smallest absolute Gasteiger partial charge is 0.0678 e. The van der Waals surface area contributed by atoms with Crippen molar-refractivity contribution in [2.24, 2.45) is 0 Å². The number of hydrogen-bond donors (Lipinski definition) is 0. The Morgan fingerprint density at radius 2 is 1.14 bits per heavy atom. The quantitative estimate of drug-likeness (QED) is 0.533. The zero-order valence-electron chi connectivity index (χ0n) is 8.46. The largest absolute Gasteiger partial charge is 0.545 e. The van der Waals surface area contributed by atoms with Crippen LogP contribution in [0.1, 0.15) is 39.5 Å². The third kappa shape index (κ3) is 3.60. The van der Waals surface area contributed by atoms with Crippen molar-refractivity contribution in [3.8, 4) is 0 Å². The van der Waals surface area contributed by atoms with Crippen LogP contribution in [-0.2, 0) is 9.59 Å². The predicted octanol–water partition coefficient (Wildman–Crippen LogP) is -0.617. The monoisotopic (exact) mass is 198 g/mol. The van der Waals surface area contributed by atoms with E-state index in [2.05, 4.69) is 0 Å². The van der Waals surface area contributed by atoms with Gasteiger partial charge in [0.1, 0.15) is 0 Å². The molecule has 4 nitrogen and oxygen atoms in total. The van der Waals surface area contributed by atoms with Gasteiger partial charge in [-0.05, 0) is 24.0 Å². The van der Waals surface area contributed by atoms with Crippen molar-refractivity contribution in [1.82, 2.24) is 0 Å². The molecule has 0 bridgehead atoms. The molecular formula is C10H14O4-2. The van der Waals surface area contributed by atoms with Gasteiger partial charge in [0.05, 0.1) is 11.9 Å². The van der Waals surface area contributed by atoms with E-state index in [4.69, 9.17) is 0 Å². The van der Waals surface area contributed by atoms with E-state index >= 15 is 0 Å². The van der Waals surface area contributed by atoms with Crippen LogP contribution in [-0.4, -0.2) is 11.9 Å². The highest BCUT2D eigenvalue weighted by Crippen LogP contribution is 2.15. The fourth-order valence-corrected chi connectivity index (χ4v) is 1.25. The molecular weight excluding hydrogens is 184 g/mol. The average molecular weight is 198 g/mol. The second-order valence-corrected chi connectivity index (χ2v) is 3.03. The van der Waals surface area contributed by atoms with Crippen molar-refractivity contribution >= 4 is 11.9 Å². The second-order valence-electron chi connectivity index (χ2n) is 3.03. The number of carboxylic acid groups (broad SMARTS) is 2. The van der Waals surface area contributed by atoms with E-state index in [1.165, 1.54) is 0 Å². The first-order valence-electron chi connectivity index (χ1n) is 4.69. The Bertz CT molecular complexity index is 227. The normalized spacial score (nSPS) is 12.1. The minimum Gasteiger partial charge on any atom is -0.545 e. The second kappa shape index (κ2) is 6.18. The van der Waals surface area contributed by atoms with Crippen molar-refractivity contribution in [2.45, 2.75) is 39.5 Å². The van der Waals surface area contributed by atoms with Gasteiger partial charge in [-0.2, -0.15) is 0 Å². The first kappa shape index (κ1) is 12.7. The Hall–Kier alpha value is -1.32. The highest BCUT2D eigenvalue weighted by atomic mass is 16.4. The van der Waals surface area contributed by atoms with E-state index in [9.17, 15) is 19.8 Å². The maximum absolute atomic E-state index is 10.7. The standard InChI is InChI=1S/C10H16O4/c1-3-5-7(9(11)12)8(6-4-2)10(13)14/h3-6H2,1-2H3,(H,11,12)(H,13,14)/p-2/b8-7-. The molecule has 0 radical (unpaired) electrons. The summed E-state index contributed by atoms with van der Waals surface area (Å²) in [5, 5.41) is 21.3. The van der Waals surface area contributed by atoms with Gasteiger partial charge in [-0.25, -0.2) is 0 Å². The number of carboxylic acids is 2. The summed E-state index contributed by atoms with van der Waals surface area (Å²) in [6, 6.07) is 0. The van der Waals surface area contributed by atoms with Crippen LogP contribution in [0.4, 0.5) is 0 Å². The van der Waals surface area contributed by atoms with Crippen LogP contribution in [0.25, 0.3) is 0 Å². The Labute approximate surface area is 83.2 Å². The molecule has 80 valence electrons. The lowest BCUT2D eigenvalue weighted by Gasteiger charge is -2.16. The number of rotatable bonds is 6. The molecule has 0 aromatic heterocycles. The number of carbonyl (C=O) groups is 2. The van der Waals surface area contributed by atoms with Gasteiger partial charge in [-0.1, -0.05) is 26.7 Å². The minimum atomic E-state index is -1.40. The SMILES string of the molecule is CCC/C(C(=O)[O-])=C(\CCC)C(=O)[O-]. The van der Waals surface area contributed by atoms with E-state index in [1.807, 2.05) is 0 Å². The zero-order chi connectivity index (χ0) is 11.1. The van der Waals surface area contributed by atoms with Gasteiger partial charge in [-0.3, -0.25) is 0 Å². The lowest BCUT2D eigenvalue weighted by molar-refractivity contribution is -0.304. The van der Waals surface area contributed by atoms with Crippen molar-refractivity contribution in [3.63, 3.8) is 0 Å². The van der Waals surface area contributed by atoms with Gasteiger partial charge < -0.3 is 19.8 Å². The van der Waals surface area contributed by atoms with Crippen LogP contribution >= 0.6 is 0 Å². The highest BCUT2D eigenvalue weighted by Gasteiger charge is 2.07. The van der Waals surface area contributed by atoms with Crippen molar-refractivity contribution < 1.29 is 19.8 Å². The summed E-state index contributed by atoms with van der Waals surface area (Å²) >= 11 is 0. The molecule has 0 spiro atoms. The molecule has 0 heterocycles. The molecule has 0 atom stereocenters. The third-order valence-corrected chi connectivity index (χ3v) is 1.86. The summed E-state index contributed by atoms with van der Waals surface area (Å²) in [4.78, 5) is 21.3. The lowest BCUT2D eigenvalue weighted by atomic mass is 10.00. The zero-order valence-corrected chi connectivity index (χ0v) is 8.46. The molecule has 0 aromatic carbocycles. The van der Waals surface area contributed by atoms with Crippen LogP contribution in [0.5, 0.6) is 0 Å². The van der Waals surface area contributed by atoms with Gasteiger partial charge in [0.25, 0.3) is 0 Å². The molecule has 0 aromatic rings. The fourth-order valence-electron chi connectivity index (χ4n) is 1.25. The lowest BCUT2D eigenvalue weighted by Crippen LogP contribution is -2.31. The maximum Gasteiger partial charge on any atom is 0.0678 e. The van der Waals surface area contributed by atoms with E-state index in [-0.39, 0.29) is 24.0 Å². The summed E-state index contributed by atoms with van der Waals surface area (Å²) in [5.41, 5.74) is -0.260. The molecule has 0 N–H and O–H groups in total. The Kier molecular flexibility index (Phi) is 5.60. The molecule has 0 aliphatic rings. The van der Waals surface area contributed by atoms with E-state index in [1.54, 1.807) is 13.8 Å². The van der Waals surface area contributed by atoms with Gasteiger partial charge in [0.15, 0.2) is 0 Å². The first-order chi connectivity index (χ1) is 6.54. The van der Waals surface area contributed by atoms with E-state index in [0.717, 1.165) is 0 Å². The van der Waals surface area contributed by atoms with Gasteiger partial charge in [-0.15, -0.1) is 0 Å². The summed E-state index contributed by atoms with van der Waals surface area (Å²) in [7, 11) is 0. The Balaban J connectivity index is 5.03. The molecule has 0 fully saturated rings. The van der Waals surface area contributed by atoms with Crippen LogP contribution in [0.3, 0.4) is 0 Å². The molecule has 0 rings (SSSR count). The molecule has 0 saturated heterocycles. The fraction of sp³-hybridized carbons (Fsp3) is 0.600. The predicted molar refractivity (Wildman–Crippen MR) is 46.9 cm³/mol. The number of aliphatic carboxylic acids is 2. The number of carbonyl (C=O) groups excluding carboxylic acids is 2. The van der Waals surface area contributed by atoms with Crippen molar-refractivity contribution in [1.29, 1.82) is 0 Å². The van der Waals surface area contributed by atoms with Crippen LogP contribution in [0.15, 0.2) is 11.1 Å². The van der Waals surface area contributed by atoms with Crippen molar-refractivity contribution in [2.75, 3.05) is 0 Å².